The summed E-state index contributed by atoms with van der Waals surface area (Å²) in [5.41, 5.74) is 7.34. The van der Waals surface area contributed by atoms with Crippen molar-refractivity contribution in [2.75, 3.05) is 33.7 Å². The Bertz CT molecular complexity index is 376. The van der Waals surface area contributed by atoms with Gasteiger partial charge in [-0.15, -0.1) is 5.10 Å². The number of nitrogens with zero attached hydrogens (tertiary/aromatic N) is 5. The highest BCUT2D eigenvalue weighted by atomic mass is 15.4. The van der Waals surface area contributed by atoms with Gasteiger partial charge in [0.25, 0.3) is 0 Å². The van der Waals surface area contributed by atoms with Crippen molar-refractivity contribution in [3.8, 4) is 0 Å². The molecule has 6 nitrogen and oxygen atoms in total. The molecule has 2 heterocycles. The highest BCUT2D eigenvalue weighted by Crippen LogP contribution is 2.12. The number of nitrogens with two attached hydrogens (primary N) is 1. The first-order valence-electron chi connectivity index (χ1n) is 6.56. The Balaban J connectivity index is 1.99. The average Bonchev–Trinajstić information content (AvgIpc) is 2.62. The molecule has 0 saturated carbocycles. The number of hydrogen-bond acceptors (Lipinski definition) is 5. The van der Waals surface area contributed by atoms with E-state index in [9.17, 15) is 0 Å². The molecule has 2 rings (SSSR count). The Morgan fingerprint density at radius 2 is 2.17 bits per heavy atom. The average molecular weight is 252 g/mol. The van der Waals surface area contributed by atoms with Gasteiger partial charge in [-0.3, -0.25) is 4.68 Å². The van der Waals surface area contributed by atoms with Crippen molar-refractivity contribution in [2.45, 2.75) is 24.9 Å². The minimum Gasteiger partial charge on any atom is -0.326 e. The molecule has 1 aromatic heterocycles. The standard InChI is InChI=1S/C12H24N6/c1-16-5-4-6-17(2)12(9-16)11(13)7-10-8-18(3)15-14-10/h8,11-12H,4-7,9,13H2,1-3H3. The number of aryl methyl sites for hydroxylation is 1. The molecular formula is C12H24N6. The van der Waals surface area contributed by atoms with Gasteiger partial charge in [0.15, 0.2) is 0 Å². The molecule has 0 amide bonds. The van der Waals surface area contributed by atoms with Crippen LogP contribution >= 0.6 is 0 Å². The van der Waals surface area contributed by atoms with Crippen molar-refractivity contribution in [1.82, 2.24) is 24.8 Å². The maximum Gasteiger partial charge on any atom is 0.0843 e. The van der Waals surface area contributed by atoms with Crippen LogP contribution in [0.15, 0.2) is 6.20 Å². The lowest BCUT2D eigenvalue weighted by Gasteiger charge is -2.32. The molecule has 18 heavy (non-hydrogen) atoms. The second-order valence-electron chi connectivity index (χ2n) is 5.42. The molecule has 102 valence electrons. The molecule has 2 N–H and O–H groups in total. The minimum absolute atomic E-state index is 0.104. The van der Waals surface area contributed by atoms with Gasteiger partial charge in [0.1, 0.15) is 0 Å². The van der Waals surface area contributed by atoms with E-state index in [1.165, 1.54) is 6.42 Å². The first-order valence-corrected chi connectivity index (χ1v) is 6.56. The summed E-state index contributed by atoms with van der Waals surface area (Å²) in [6, 6.07) is 0.492. The molecule has 1 fully saturated rings. The molecule has 1 aliphatic rings. The molecule has 1 aliphatic heterocycles. The fourth-order valence-electron chi connectivity index (χ4n) is 2.63. The summed E-state index contributed by atoms with van der Waals surface area (Å²) in [6.45, 7) is 3.29. The molecule has 6 heteroatoms. The second-order valence-corrected chi connectivity index (χ2v) is 5.42. The van der Waals surface area contributed by atoms with Crippen LogP contribution in [0.4, 0.5) is 0 Å². The van der Waals surface area contributed by atoms with E-state index in [0.29, 0.717) is 6.04 Å². The summed E-state index contributed by atoms with van der Waals surface area (Å²) in [5.74, 6) is 0. The van der Waals surface area contributed by atoms with Gasteiger partial charge in [-0.05, 0) is 33.6 Å². The second kappa shape index (κ2) is 5.77. The lowest BCUT2D eigenvalue weighted by atomic mass is 10.0. The van der Waals surface area contributed by atoms with Crippen molar-refractivity contribution in [1.29, 1.82) is 0 Å². The van der Waals surface area contributed by atoms with Gasteiger partial charge in [0.05, 0.1) is 5.69 Å². The van der Waals surface area contributed by atoms with Gasteiger partial charge in [-0.2, -0.15) is 0 Å². The van der Waals surface area contributed by atoms with E-state index in [1.807, 2.05) is 13.2 Å². The fraction of sp³-hybridized carbons (Fsp3) is 0.833. The van der Waals surface area contributed by atoms with Gasteiger partial charge >= 0.3 is 0 Å². The summed E-state index contributed by atoms with van der Waals surface area (Å²) in [7, 11) is 6.22. The summed E-state index contributed by atoms with van der Waals surface area (Å²) in [6.07, 6.45) is 3.94. The zero-order valence-corrected chi connectivity index (χ0v) is 11.6. The minimum atomic E-state index is 0.104. The maximum absolute atomic E-state index is 6.37. The molecule has 0 aromatic carbocycles. The van der Waals surface area contributed by atoms with Crippen LogP contribution in [0.3, 0.4) is 0 Å². The maximum atomic E-state index is 6.37. The molecular weight excluding hydrogens is 228 g/mol. The van der Waals surface area contributed by atoms with E-state index in [2.05, 4.69) is 34.2 Å². The highest BCUT2D eigenvalue weighted by molar-refractivity contribution is 4.99. The van der Waals surface area contributed by atoms with Crippen LogP contribution in [0.2, 0.25) is 0 Å². The Morgan fingerprint density at radius 1 is 1.39 bits per heavy atom. The third kappa shape index (κ3) is 3.28. The van der Waals surface area contributed by atoms with E-state index in [1.54, 1.807) is 4.68 Å². The normalized spacial score (nSPS) is 25.0. The van der Waals surface area contributed by atoms with E-state index < -0.39 is 0 Å². The van der Waals surface area contributed by atoms with Crippen LogP contribution in [-0.2, 0) is 13.5 Å². The van der Waals surface area contributed by atoms with Crippen LogP contribution in [0, 0.1) is 0 Å². The molecule has 0 radical (unpaired) electrons. The van der Waals surface area contributed by atoms with Crippen LogP contribution in [0.1, 0.15) is 12.1 Å². The molecule has 0 spiro atoms. The number of rotatable bonds is 3. The first-order chi connectivity index (χ1) is 8.56. The Labute approximate surface area is 109 Å². The smallest absolute Gasteiger partial charge is 0.0843 e. The molecule has 0 bridgehead atoms. The predicted octanol–water partition coefficient (Wildman–Crippen LogP) is -0.679. The SMILES string of the molecule is CN1CCCN(C)C(C(N)Cc2cn(C)nn2)C1. The van der Waals surface area contributed by atoms with Gasteiger partial charge < -0.3 is 15.5 Å². The lowest BCUT2D eigenvalue weighted by molar-refractivity contribution is 0.194. The molecule has 2 atom stereocenters. The van der Waals surface area contributed by atoms with Crippen molar-refractivity contribution in [2.24, 2.45) is 12.8 Å². The number of aromatic nitrogens is 3. The monoisotopic (exact) mass is 252 g/mol. The molecule has 0 aliphatic carbocycles. The quantitative estimate of drug-likeness (QED) is 0.772. The summed E-state index contributed by atoms with van der Waals surface area (Å²) < 4.78 is 1.73. The van der Waals surface area contributed by atoms with Crippen molar-refractivity contribution in [3.05, 3.63) is 11.9 Å². The summed E-state index contributed by atoms with van der Waals surface area (Å²) >= 11 is 0. The molecule has 1 aromatic rings. The zero-order chi connectivity index (χ0) is 13.1. The van der Waals surface area contributed by atoms with Gasteiger partial charge in [0, 0.05) is 38.3 Å². The van der Waals surface area contributed by atoms with Crippen molar-refractivity contribution in [3.63, 3.8) is 0 Å². The van der Waals surface area contributed by atoms with Gasteiger partial charge in [-0.1, -0.05) is 5.21 Å². The van der Waals surface area contributed by atoms with Crippen LogP contribution in [0.25, 0.3) is 0 Å². The van der Waals surface area contributed by atoms with Gasteiger partial charge in [-0.25, -0.2) is 0 Å². The van der Waals surface area contributed by atoms with E-state index in [-0.39, 0.29) is 6.04 Å². The molecule has 2 unspecified atom stereocenters. The first kappa shape index (κ1) is 13.5. The van der Waals surface area contributed by atoms with Gasteiger partial charge in [0.2, 0.25) is 0 Å². The van der Waals surface area contributed by atoms with E-state index in [4.69, 9.17) is 5.73 Å². The molecule has 1 saturated heterocycles. The predicted molar refractivity (Wildman–Crippen MR) is 71.2 cm³/mol. The fourth-order valence-corrected chi connectivity index (χ4v) is 2.63. The number of likely N-dealkylation sites (N-methyl/N-ethyl adjacent to an activating group) is 2. The third-order valence-electron chi connectivity index (χ3n) is 3.70. The Kier molecular flexibility index (Phi) is 4.31. The summed E-state index contributed by atoms with van der Waals surface area (Å²) in [5, 5.41) is 8.07. The van der Waals surface area contributed by atoms with Crippen LogP contribution in [-0.4, -0.2) is 70.6 Å². The number of hydrogen-bond donors (Lipinski definition) is 1. The van der Waals surface area contributed by atoms with Crippen LogP contribution < -0.4 is 5.73 Å². The lowest BCUT2D eigenvalue weighted by Crippen LogP contribution is -2.51. The summed E-state index contributed by atoms with van der Waals surface area (Å²) in [4.78, 5) is 4.75. The third-order valence-corrected chi connectivity index (χ3v) is 3.70. The van der Waals surface area contributed by atoms with E-state index >= 15 is 0 Å². The topological polar surface area (TPSA) is 63.2 Å². The van der Waals surface area contributed by atoms with Crippen molar-refractivity contribution < 1.29 is 0 Å². The van der Waals surface area contributed by atoms with Crippen molar-refractivity contribution >= 4 is 0 Å². The Morgan fingerprint density at radius 3 is 2.83 bits per heavy atom. The largest absolute Gasteiger partial charge is 0.326 e. The Hall–Kier alpha value is -0.980. The van der Waals surface area contributed by atoms with E-state index in [0.717, 1.165) is 31.7 Å². The van der Waals surface area contributed by atoms with Crippen LogP contribution in [0.5, 0.6) is 0 Å². The zero-order valence-electron chi connectivity index (χ0n) is 11.6. The highest BCUT2D eigenvalue weighted by Gasteiger charge is 2.26.